The number of aromatic amines is 1. The fourth-order valence-electron chi connectivity index (χ4n) is 4.16. The molecular formula is C26H30N4O3. The summed E-state index contributed by atoms with van der Waals surface area (Å²) in [6.07, 6.45) is 0.587. The third kappa shape index (κ3) is 5.87. The van der Waals surface area contributed by atoms with E-state index in [9.17, 15) is 9.59 Å². The molecule has 0 unspecified atom stereocenters. The number of carbonyl (C=O) groups is 1. The Balaban J connectivity index is 1.38. The lowest BCUT2D eigenvalue weighted by atomic mass is 9.91. The van der Waals surface area contributed by atoms with Crippen LogP contribution in [0.15, 0.2) is 65.5 Å². The van der Waals surface area contributed by atoms with Crippen molar-refractivity contribution >= 4 is 11.9 Å². The lowest BCUT2D eigenvalue weighted by Crippen LogP contribution is -2.38. The second-order valence-electron chi connectivity index (χ2n) is 8.23. The van der Waals surface area contributed by atoms with Gasteiger partial charge in [-0.2, -0.15) is 0 Å². The van der Waals surface area contributed by atoms with Gasteiger partial charge in [0.1, 0.15) is 0 Å². The number of rotatable bonds is 8. The number of carbonyl (C=O) groups excluding carboxylic acids is 1. The highest BCUT2D eigenvalue weighted by molar-refractivity contribution is 5.76. The summed E-state index contributed by atoms with van der Waals surface area (Å²) >= 11 is 0. The molecule has 1 amide bonds. The van der Waals surface area contributed by atoms with Crippen LogP contribution in [-0.2, 0) is 16.0 Å². The molecule has 172 valence electrons. The summed E-state index contributed by atoms with van der Waals surface area (Å²) in [6.45, 7) is 4.97. The van der Waals surface area contributed by atoms with E-state index >= 15 is 0 Å². The lowest BCUT2D eigenvalue weighted by molar-refractivity contribution is -0.121. The van der Waals surface area contributed by atoms with Crippen molar-refractivity contribution in [3.63, 3.8) is 0 Å². The van der Waals surface area contributed by atoms with E-state index in [4.69, 9.17) is 4.74 Å². The number of nitrogens with zero attached hydrogens (tertiary/aromatic N) is 2. The quantitative estimate of drug-likeness (QED) is 0.556. The standard InChI is InChI=1S/C26H30N4O3/c1-19-22(25(32)29-26(28-19)30-14-16-33-17-15-30)12-13-24(31)27-18-23(20-8-4-2-5-9-20)21-10-6-3-7-11-21/h2-11,23H,12-18H2,1H3,(H,27,31)(H,28,29,32). The number of H-pyrrole nitrogens is 1. The van der Waals surface area contributed by atoms with E-state index in [0.29, 0.717) is 56.5 Å². The average Bonchev–Trinajstić information content (AvgIpc) is 2.85. The van der Waals surface area contributed by atoms with Crippen molar-refractivity contribution in [1.29, 1.82) is 0 Å². The minimum absolute atomic E-state index is 0.0657. The van der Waals surface area contributed by atoms with Crippen LogP contribution >= 0.6 is 0 Å². The zero-order valence-electron chi connectivity index (χ0n) is 18.9. The Labute approximate surface area is 193 Å². The highest BCUT2D eigenvalue weighted by Crippen LogP contribution is 2.23. The molecule has 2 aromatic carbocycles. The number of hydrogen-bond donors (Lipinski definition) is 2. The van der Waals surface area contributed by atoms with Crippen LogP contribution in [0.5, 0.6) is 0 Å². The largest absolute Gasteiger partial charge is 0.378 e. The predicted molar refractivity (Wildman–Crippen MR) is 129 cm³/mol. The summed E-state index contributed by atoms with van der Waals surface area (Å²) in [5.74, 6) is 0.557. The van der Waals surface area contributed by atoms with Crippen LogP contribution in [0.3, 0.4) is 0 Å². The van der Waals surface area contributed by atoms with Gasteiger partial charge in [-0.15, -0.1) is 0 Å². The number of aromatic nitrogens is 2. The molecule has 0 radical (unpaired) electrons. The Morgan fingerprint density at radius 2 is 1.67 bits per heavy atom. The minimum atomic E-state index is -0.178. The molecule has 1 aromatic heterocycles. The smallest absolute Gasteiger partial charge is 0.255 e. The lowest BCUT2D eigenvalue weighted by Gasteiger charge is -2.27. The van der Waals surface area contributed by atoms with Crippen molar-refractivity contribution < 1.29 is 9.53 Å². The van der Waals surface area contributed by atoms with Gasteiger partial charge in [0.15, 0.2) is 0 Å². The topological polar surface area (TPSA) is 87.3 Å². The molecule has 0 bridgehead atoms. The van der Waals surface area contributed by atoms with E-state index in [0.717, 1.165) is 11.1 Å². The summed E-state index contributed by atoms with van der Waals surface area (Å²) in [6, 6.07) is 20.3. The molecule has 3 aromatic rings. The number of benzene rings is 2. The molecule has 2 heterocycles. The van der Waals surface area contributed by atoms with Crippen LogP contribution in [0, 0.1) is 6.92 Å². The fourth-order valence-corrected chi connectivity index (χ4v) is 4.16. The maximum absolute atomic E-state index is 12.7. The summed E-state index contributed by atoms with van der Waals surface area (Å²) in [4.78, 5) is 34.8. The number of aryl methyl sites for hydroxylation is 1. The molecule has 1 aliphatic rings. The Morgan fingerprint density at radius 1 is 1.06 bits per heavy atom. The number of ether oxygens (including phenoxy) is 1. The van der Waals surface area contributed by atoms with Gasteiger partial charge >= 0.3 is 0 Å². The molecule has 33 heavy (non-hydrogen) atoms. The molecule has 0 saturated carbocycles. The first kappa shape index (κ1) is 22.7. The molecule has 7 nitrogen and oxygen atoms in total. The second-order valence-corrected chi connectivity index (χ2v) is 8.23. The molecule has 0 spiro atoms. The second kappa shape index (κ2) is 10.9. The van der Waals surface area contributed by atoms with Gasteiger partial charge in [0.05, 0.1) is 13.2 Å². The maximum atomic E-state index is 12.7. The number of nitrogens with one attached hydrogen (secondary N) is 2. The van der Waals surface area contributed by atoms with E-state index in [1.165, 1.54) is 0 Å². The van der Waals surface area contributed by atoms with E-state index in [1.54, 1.807) is 0 Å². The molecule has 0 atom stereocenters. The normalized spacial score (nSPS) is 13.8. The van der Waals surface area contributed by atoms with Crippen LogP contribution < -0.4 is 15.8 Å². The van der Waals surface area contributed by atoms with Gasteiger partial charge in [-0.05, 0) is 24.5 Å². The summed E-state index contributed by atoms with van der Waals surface area (Å²) < 4.78 is 5.36. The Bertz CT molecular complexity index is 1070. The van der Waals surface area contributed by atoms with E-state index < -0.39 is 0 Å². The molecule has 1 saturated heterocycles. The van der Waals surface area contributed by atoms with Gasteiger partial charge < -0.3 is 15.0 Å². The van der Waals surface area contributed by atoms with E-state index in [-0.39, 0.29) is 23.8 Å². The van der Waals surface area contributed by atoms with Crippen molar-refractivity contribution in [2.45, 2.75) is 25.7 Å². The molecular weight excluding hydrogens is 416 g/mol. The van der Waals surface area contributed by atoms with Crippen LogP contribution in [0.4, 0.5) is 5.95 Å². The van der Waals surface area contributed by atoms with Gasteiger partial charge in [0.2, 0.25) is 11.9 Å². The highest BCUT2D eigenvalue weighted by Gasteiger charge is 2.18. The maximum Gasteiger partial charge on any atom is 0.255 e. The molecule has 4 rings (SSSR count). The minimum Gasteiger partial charge on any atom is -0.378 e. The fraction of sp³-hybridized carbons (Fsp3) is 0.346. The van der Waals surface area contributed by atoms with Gasteiger partial charge in [-0.3, -0.25) is 14.6 Å². The summed E-state index contributed by atoms with van der Waals surface area (Å²) in [7, 11) is 0. The summed E-state index contributed by atoms with van der Waals surface area (Å²) in [5.41, 5.74) is 3.35. The number of morpholine rings is 1. The molecule has 0 aliphatic carbocycles. The Kier molecular flexibility index (Phi) is 7.52. The zero-order chi connectivity index (χ0) is 23.0. The average molecular weight is 447 g/mol. The van der Waals surface area contributed by atoms with Crippen LogP contribution in [-0.4, -0.2) is 48.7 Å². The SMILES string of the molecule is Cc1nc(N2CCOCC2)[nH]c(=O)c1CCC(=O)NCC(c1ccccc1)c1ccccc1. The predicted octanol–water partition coefficient (Wildman–Crippen LogP) is 2.80. The molecule has 2 N–H and O–H groups in total. The Morgan fingerprint density at radius 3 is 2.24 bits per heavy atom. The van der Waals surface area contributed by atoms with Gasteiger partial charge in [-0.25, -0.2) is 4.98 Å². The van der Waals surface area contributed by atoms with E-state index in [1.807, 2.05) is 48.2 Å². The van der Waals surface area contributed by atoms with Gasteiger partial charge in [0, 0.05) is 43.2 Å². The van der Waals surface area contributed by atoms with Crippen molar-refractivity contribution in [3.8, 4) is 0 Å². The summed E-state index contributed by atoms with van der Waals surface area (Å²) in [5, 5.41) is 3.06. The Hall–Kier alpha value is -3.45. The first-order valence-corrected chi connectivity index (χ1v) is 11.4. The monoisotopic (exact) mass is 446 g/mol. The number of hydrogen-bond acceptors (Lipinski definition) is 5. The molecule has 1 aliphatic heterocycles. The van der Waals surface area contributed by atoms with Crippen LogP contribution in [0.25, 0.3) is 0 Å². The van der Waals surface area contributed by atoms with Crippen molar-refractivity contribution in [2.75, 3.05) is 37.7 Å². The van der Waals surface area contributed by atoms with Crippen molar-refractivity contribution in [2.24, 2.45) is 0 Å². The first-order chi connectivity index (χ1) is 16.1. The van der Waals surface area contributed by atoms with Gasteiger partial charge in [0.25, 0.3) is 5.56 Å². The van der Waals surface area contributed by atoms with Gasteiger partial charge in [-0.1, -0.05) is 60.7 Å². The van der Waals surface area contributed by atoms with Crippen LogP contribution in [0.2, 0.25) is 0 Å². The molecule has 7 heteroatoms. The number of amides is 1. The van der Waals surface area contributed by atoms with Crippen molar-refractivity contribution in [1.82, 2.24) is 15.3 Å². The third-order valence-electron chi connectivity index (χ3n) is 6.03. The zero-order valence-corrected chi connectivity index (χ0v) is 18.9. The number of anilines is 1. The first-order valence-electron chi connectivity index (χ1n) is 11.4. The van der Waals surface area contributed by atoms with Crippen molar-refractivity contribution in [3.05, 3.63) is 93.4 Å². The molecule has 1 fully saturated rings. The third-order valence-corrected chi connectivity index (χ3v) is 6.03. The highest BCUT2D eigenvalue weighted by atomic mass is 16.5. The van der Waals surface area contributed by atoms with Crippen LogP contribution in [0.1, 0.15) is 34.7 Å². The van der Waals surface area contributed by atoms with E-state index in [2.05, 4.69) is 39.6 Å².